The quantitative estimate of drug-likeness (QED) is 0.336. The number of hydrogen-bond donors (Lipinski definition) is 2. The van der Waals surface area contributed by atoms with E-state index in [4.69, 9.17) is 4.74 Å². The number of phenols is 1. The van der Waals surface area contributed by atoms with Crippen LogP contribution in [-0.4, -0.2) is 31.5 Å². The first kappa shape index (κ1) is 18.4. The largest absolute Gasteiger partial charge is 0.502 e. The van der Waals surface area contributed by atoms with E-state index in [9.17, 15) is 15.2 Å². The smallest absolute Gasteiger partial charge is 0.311 e. The molecule has 1 aliphatic rings. The zero-order chi connectivity index (χ0) is 19.8. The van der Waals surface area contributed by atoms with Crippen molar-refractivity contribution >= 4 is 39.1 Å². The Labute approximate surface area is 171 Å². The summed E-state index contributed by atoms with van der Waals surface area (Å²) in [5, 5.41) is 32.9. The van der Waals surface area contributed by atoms with Gasteiger partial charge in [0.2, 0.25) is 11.0 Å². The number of anilines is 1. The molecule has 1 aromatic heterocycles. The Morgan fingerprint density at radius 1 is 1.29 bits per heavy atom. The minimum Gasteiger partial charge on any atom is -0.502 e. The molecule has 1 aliphatic heterocycles. The summed E-state index contributed by atoms with van der Waals surface area (Å²) in [4.78, 5) is 14.9. The number of phenolic OH excluding ortho intramolecular Hbond substituents is 1. The van der Waals surface area contributed by atoms with Gasteiger partial charge in [0, 0.05) is 27.4 Å². The van der Waals surface area contributed by atoms with Crippen LogP contribution in [0.2, 0.25) is 0 Å². The number of hydrogen-bond acceptors (Lipinski definition) is 9. The lowest BCUT2D eigenvalue weighted by molar-refractivity contribution is -0.386. The van der Waals surface area contributed by atoms with Gasteiger partial charge in [0.1, 0.15) is 0 Å². The van der Waals surface area contributed by atoms with Crippen molar-refractivity contribution in [2.24, 2.45) is 0 Å². The summed E-state index contributed by atoms with van der Waals surface area (Å²) in [7, 11) is 0. The van der Waals surface area contributed by atoms with Crippen molar-refractivity contribution in [1.29, 1.82) is 0 Å². The molecule has 1 unspecified atom stereocenters. The first-order valence-corrected chi connectivity index (χ1v) is 9.97. The lowest BCUT2D eigenvalue weighted by Gasteiger charge is -2.19. The summed E-state index contributed by atoms with van der Waals surface area (Å²) in [6.07, 6.45) is 1.04. The molecule has 0 saturated carbocycles. The number of nitro benzene ring substituents is 1. The number of nitrogens with zero attached hydrogens (tertiary/aromatic N) is 4. The van der Waals surface area contributed by atoms with Crippen molar-refractivity contribution in [2.75, 3.05) is 11.6 Å². The number of aromatic hydroxyl groups is 1. The molecule has 9 nitrogen and oxygen atoms in total. The number of thioether (sulfide) groups is 1. The van der Waals surface area contributed by atoms with Gasteiger partial charge in [-0.05, 0) is 36.6 Å². The molecule has 0 spiro atoms. The van der Waals surface area contributed by atoms with Crippen LogP contribution in [0.25, 0.3) is 11.3 Å². The molecule has 28 heavy (non-hydrogen) atoms. The fourth-order valence-electron chi connectivity index (χ4n) is 2.76. The maximum absolute atomic E-state index is 11.2. The minimum absolute atomic E-state index is 0.254. The second-order valence-corrected chi connectivity index (χ2v) is 7.48. The predicted molar refractivity (Wildman–Crippen MR) is 106 cm³/mol. The van der Waals surface area contributed by atoms with Gasteiger partial charge >= 0.3 is 5.69 Å². The summed E-state index contributed by atoms with van der Waals surface area (Å²) in [6.45, 7) is 0. The summed E-state index contributed by atoms with van der Waals surface area (Å²) >= 11 is 4.77. The van der Waals surface area contributed by atoms with Crippen molar-refractivity contribution < 1.29 is 14.8 Å². The lowest BCUT2D eigenvalue weighted by atomic mass is 10.1. The molecule has 0 fully saturated rings. The predicted octanol–water partition coefficient (Wildman–Crippen LogP) is 4.14. The number of benzene rings is 2. The molecular weight excluding hydrogens is 450 g/mol. The van der Waals surface area contributed by atoms with Gasteiger partial charge in [-0.3, -0.25) is 10.1 Å². The highest BCUT2D eigenvalue weighted by atomic mass is 79.9. The zero-order valence-electron chi connectivity index (χ0n) is 14.3. The van der Waals surface area contributed by atoms with E-state index in [0.29, 0.717) is 22.1 Å². The van der Waals surface area contributed by atoms with Crippen LogP contribution in [0.4, 0.5) is 11.4 Å². The topological polar surface area (TPSA) is 123 Å². The van der Waals surface area contributed by atoms with Gasteiger partial charge in [0.15, 0.2) is 17.7 Å². The summed E-state index contributed by atoms with van der Waals surface area (Å²) in [5.74, 6) is -0.162. The minimum atomic E-state index is -0.785. The molecule has 2 aromatic carbocycles. The number of fused-ring (bicyclic) bond motifs is 3. The van der Waals surface area contributed by atoms with Crippen LogP contribution in [0.3, 0.4) is 0 Å². The summed E-state index contributed by atoms with van der Waals surface area (Å²) < 4.78 is 6.87. The summed E-state index contributed by atoms with van der Waals surface area (Å²) in [5.41, 5.74) is 1.94. The van der Waals surface area contributed by atoms with E-state index in [1.807, 2.05) is 24.5 Å². The van der Waals surface area contributed by atoms with E-state index in [1.165, 1.54) is 23.9 Å². The Kier molecular flexibility index (Phi) is 4.77. The molecule has 3 aromatic rings. The molecular formula is C17H12BrN5O4S. The third kappa shape index (κ3) is 3.34. The number of rotatable bonds is 3. The molecule has 1 atom stereocenters. The number of aromatic nitrogens is 3. The van der Waals surface area contributed by atoms with Gasteiger partial charge < -0.3 is 15.2 Å². The molecule has 0 radical (unpaired) electrons. The average Bonchev–Trinajstić information content (AvgIpc) is 2.84. The van der Waals surface area contributed by atoms with E-state index >= 15 is 0 Å². The highest BCUT2D eigenvalue weighted by Gasteiger charge is 2.28. The van der Waals surface area contributed by atoms with Gasteiger partial charge in [0.25, 0.3) is 0 Å². The third-order valence-electron chi connectivity index (χ3n) is 4.07. The molecule has 2 heterocycles. The number of ether oxygens (including phenoxy) is 1. The molecule has 0 aliphatic carbocycles. The second kappa shape index (κ2) is 7.24. The molecule has 4 rings (SSSR count). The third-order valence-corrected chi connectivity index (χ3v) is 5.10. The molecule has 2 N–H and O–H groups in total. The van der Waals surface area contributed by atoms with Crippen molar-refractivity contribution in [2.45, 2.75) is 11.4 Å². The normalized spacial score (nSPS) is 14.9. The van der Waals surface area contributed by atoms with E-state index in [0.717, 1.165) is 10.0 Å². The molecule has 142 valence electrons. The van der Waals surface area contributed by atoms with Crippen LogP contribution in [0.1, 0.15) is 11.8 Å². The van der Waals surface area contributed by atoms with Crippen LogP contribution in [0, 0.1) is 10.1 Å². The molecule has 0 amide bonds. The van der Waals surface area contributed by atoms with Crippen molar-refractivity contribution in [3.8, 4) is 22.9 Å². The van der Waals surface area contributed by atoms with E-state index in [2.05, 4.69) is 36.4 Å². The van der Waals surface area contributed by atoms with Gasteiger partial charge in [-0.15, -0.1) is 10.2 Å². The lowest BCUT2D eigenvalue weighted by Crippen LogP contribution is -2.17. The van der Waals surface area contributed by atoms with Gasteiger partial charge in [-0.25, -0.2) is 0 Å². The zero-order valence-corrected chi connectivity index (χ0v) is 16.7. The monoisotopic (exact) mass is 461 g/mol. The Morgan fingerprint density at radius 3 is 2.86 bits per heavy atom. The van der Waals surface area contributed by atoms with Gasteiger partial charge in [-0.1, -0.05) is 27.7 Å². The van der Waals surface area contributed by atoms with Crippen LogP contribution in [0.5, 0.6) is 11.6 Å². The highest BCUT2D eigenvalue weighted by Crippen LogP contribution is 2.41. The van der Waals surface area contributed by atoms with Gasteiger partial charge in [-0.2, -0.15) is 4.98 Å². The van der Waals surface area contributed by atoms with E-state index in [-0.39, 0.29) is 5.88 Å². The first-order valence-electron chi connectivity index (χ1n) is 7.95. The Hall–Kier alpha value is -2.92. The maximum Gasteiger partial charge on any atom is 0.311 e. The molecule has 11 heteroatoms. The second-order valence-electron chi connectivity index (χ2n) is 5.79. The van der Waals surface area contributed by atoms with Crippen LogP contribution < -0.4 is 10.1 Å². The maximum atomic E-state index is 11.2. The standard InChI is InChI=1S/C17H12BrN5O4S/c1-28-17-20-16-14(21-22-17)10-7-9(18)3-4-11(10)19-15(27-16)8-2-5-13(24)12(6-8)23(25)26/h2-7,15,19,24H,1H3. The van der Waals surface area contributed by atoms with Crippen LogP contribution >= 0.6 is 27.7 Å². The fourth-order valence-corrected chi connectivity index (χ4v) is 3.41. The molecule has 0 saturated heterocycles. The van der Waals surface area contributed by atoms with Crippen molar-refractivity contribution in [3.05, 3.63) is 56.5 Å². The number of halogens is 1. The number of nitro groups is 1. The number of nitrogens with one attached hydrogen (secondary N) is 1. The van der Waals surface area contributed by atoms with E-state index in [1.54, 1.807) is 6.07 Å². The summed E-state index contributed by atoms with van der Waals surface area (Å²) in [6, 6.07) is 9.63. The van der Waals surface area contributed by atoms with Crippen LogP contribution in [0.15, 0.2) is 46.0 Å². The SMILES string of the molecule is CSc1nnc2c(n1)OC(c1ccc(O)c([N+](=O)[O-])c1)Nc1ccc(Br)cc1-2. The Balaban J connectivity index is 1.87. The Bertz CT molecular complexity index is 1100. The fraction of sp³-hybridized carbons (Fsp3) is 0.118. The molecule has 0 bridgehead atoms. The average molecular weight is 462 g/mol. The first-order chi connectivity index (χ1) is 13.5. The highest BCUT2D eigenvalue weighted by molar-refractivity contribution is 9.10. The Morgan fingerprint density at radius 2 is 2.11 bits per heavy atom. The van der Waals surface area contributed by atoms with Gasteiger partial charge in [0.05, 0.1) is 4.92 Å². The van der Waals surface area contributed by atoms with Crippen LogP contribution in [-0.2, 0) is 0 Å². The van der Waals surface area contributed by atoms with Crippen molar-refractivity contribution in [3.63, 3.8) is 0 Å². The van der Waals surface area contributed by atoms with E-state index < -0.39 is 22.6 Å². The van der Waals surface area contributed by atoms with Crippen molar-refractivity contribution in [1.82, 2.24) is 15.2 Å².